The van der Waals surface area contributed by atoms with Gasteiger partial charge in [-0.2, -0.15) is 0 Å². The van der Waals surface area contributed by atoms with Crippen molar-refractivity contribution in [3.8, 4) is 0 Å². The second-order valence-corrected chi connectivity index (χ2v) is 7.72. The Kier molecular flexibility index (Phi) is 4.86. The Morgan fingerprint density at radius 3 is 2.59 bits per heavy atom. The third-order valence-electron chi connectivity index (χ3n) is 4.60. The van der Waals surface area contributed by atoms with Crippen molar-refractivity contribution in [2.45, 2.75) is 45.3 Å². The van der Waals surface area contributed by atoms with E-state index in [1.807, 2.05) is 20.8 Å². The Balaban J connectivity index is 1.78. The summed E-state index contributed by atoms with van der Waals surface area (Å²) in [6.45, 7) is 6.57. The number of nitrogens with one attached hydrogen (secondary N) is 1. The number of amides is 1. The van der Waals surface area contributed by atoms with E-state index in [1.54, 1.807) is 27.7 Å². The molecular formula is C18H25N5O4. The zero-order valence-corrected chi connectivity index (χ0v) is 15.7. The molecule has 27 heavy (non-hydrogen) atoms. The number of aromatic nitrogens is 2. The van der Waals surface area contributed by atoms with Crippen LogP contribution in [0.5, 0.6) is 0 Å². The quantitative estimate of drug-likeness (QED) is 0.320. The van der Waals surface area contributed by atoms with Crippen LogP contribution in [0.4, 0.5) is 4.79 Å². The number of nitrogens with zero attached hydrogens (tertiary/aromatic N) is 3. The average molecular weight is 375 g/mol. The lowest BCUT2D eigenvalue weighted by Crippen LogP contribution is -2.43. The molecule has 0 radical (unpaired) electrons. The lowest BCUT2D eigenvalue weighted by molar-refractivity contribution is 0.0189. The van der Waals surface area contributed by atoms with Crippen LogP contribution in [0.3, 0.4) is 0 Å². The third-order valence-corrected chi connectivity index (χ3v) is 4.60. The molecule has 0 bridgehead atoms. The van der Waals surface area contributed by atoms with Crippen LogP contribution in [-0.2, 0) is 4.74 Å². The van der Waals surface area contributed by atoms with E-state index in [9.17, 15) is 9.59 Å². The smallest absolute Gasteiger partial charge is 0.410 e. The van der Waals surface area contributed by atoms with Crippen LogP contribution in [0.1, 0.15) is 45.2 Å². The largest absolute Gasteiger partial charge is 0.444 e. The van der Waals surface area contributed by atoms with Gasteiger partial charge in [0, 0.05) is 24.7 Å². The summed E-state index contributed by atoms with van der Waals surface area (Å²) >= 11 is 0. The van der Waals surface area contributed by atoms with E-state index >= 15 is 0 Å². The molecule has 1 saturated heterocycles. The van der Waals surface area contributed by atoms with Gasteiger partial charge in [-0.1, -0.05) is 5.16 Å². The standard InChI is InChI=1S/C18H25N5O4/c1-18(2,3)27-17(25)22-8-6-12(7-9-22)23-14-5-4-11(15(19)21-26)10-13(14)20-16(23)24/h4-5,10,12,26H,6-9H2,1-3H3,(H2,19,21)(H,20,24). The SMILES string of the molecule is CC(C)(C)OC(=O)N1CCC(n2c(=O)[nH]c3cc(C(N)=NO)ccc32)CC1. The summed E-state index contributed by atoms with van der Waals surface area (Å²) in [4.78, 5) is 29.2. The van der Waals surface area contributed by atoms with Crippen molar-refractivity contribution < 1.29 is 14.7 Å². The van der Waals surface area contributed by atoms with Crippen LogP contribution >= 0.6 is 0 Å². The minimum Gasteiger partial charge on any atom is -0.444 e. The normalized spacial score (nSPS) is 16.7. The maximum atomic E-state index is 12.5. The van der Waals surface area contributed by atoms with Crippen molar-refractivity contribution in [1.82, 2.24) is 14.5 Å². The molecule has 0 spiro atoms. The Morgan fingerprint density at radius 2 is 2.00 bits per heavy atom. The maximum absolute atomic E-state index is 12.5. The molecule has 1 aromatic heterocycles. The molecule has 0 atom stereocenters. The van der Waals surface area contributed by atoms with Crippen LogP contribution in [0.25, 0.3) is 11.0 Å². The number of benzene rings is 1. The first kappa shape index (κ1) is 18.8. The first-order chi connectivity index (χ1) is 12.7. The van der Waals surface area contributed by atoms with Crippen LogP contribution in [0.2, 0.25) is 0 Å². The van der Waals surface area contributed by atoms with Crippen molar-refractivity contribution in [3.05, 3.63) is 34.2 Å². The van der Waals surface area contributed by atoms with Gasteiger partial charge in [0.25, 0.3) is 0 Å². The van der Waals surface area contributed by atoms with Crippen molar-refractivity contribution in [3.63, 3.8) is 0 Å². The minimum atomic E-state index is -0.529. The van der Waals surface area contributed by atoms with E-state index in [4.69, 9.17) is 15.7 Å². The van der Waals surface area contributed by atoms with Crippen molar-refractivity contribution in [2.24, 2.45) is 10.9 Å². The molecule has 1 amide bonds. The molecule has 0 unspecified atom stereocenters. The summed E-state index contributed by atoms with van der Waals surface area (Å²) in [5.74, 6) is -0.0174. The number of imidazole rings is 1. The predicted molar refractivity (Wildman–Crippen MR) is 101 cm³/mol. The molecule has 2 heterocycles. The Labute approximate surface area is 156 Å². The topological polar surface area (TPSA) is 126 Å². The summed E-state index contributed by atoms with van der Waals surface area (Å²) in [5, 5.41) is 11.8. The summed E-state index contributed by atoms with van der Waals surface area (Å²) in [7, 11) is 0. The van der Waals surface area contributed by atoms with Gasteiger partial charge in [0.2, 0.25) is 0 Å². The van der Waals surface area contributed by atoms with Gasteiger partial charge >= 0.3 is 11.8 Å². The monoisotopic (exact) mass is 375 g/mol. The number of H-pyrrole nitrogens is 1. The van der Waals surface area contributed by atoms with Crippen molar-refractivity contribution >= 4 is 23.0 Å². The number of carbonyl (C=O) groups excluding carboxylic acids is 1. The number of likely N-dealkylation sites (tertiary alicyclic amines) is 1. The van der Waals surface area contributed by atoms with Gasteiger partial charge in [-0.15, -0.1) is 0 Å². The Morgan fingerprint density at radius 1 is 1.33 bits per heavy atom. The summed E-state index contributed by atoms with van der Waals surface area (Å²) < 4.78 is 7.13. The van der Waals surface area contributed by atoms with Gasteiger partial charge < -0.3 is 25.6 Å². The third kappa shape index (κ3) is 3.91. The zero-order chi connectivity index (χ0) is 19.8. The van der Waals surface area contributed by atoms with Crippen LogP contribution in [0, 0.1) is 0 Å². The number of fused-ring (bicyclic) bond motifs is 1. The second-order valence-electron chi connectivity index (χ2n) is 7.72. The molecule has 2 aromatic rings. The first-order valence-electron chi connectivity index (χ1n) is 8.89. The Hall–Kier alpha value is -2.97. The number of nitrogens with two attached hydrogens (primary N) is 1. The second kappa shape index (κ2) is 6.98. The number of oxime groups is 1. The molecule has 1 aliphatic heterocycles. The lowest BCUT2D eigenvalue weighted by Gasteiger charge is -2.33. The number of hydrogen-bond acceptors (Lipinski definition) is 5. The van der Waals surface area contributed by atoms with E-state index in [2.05, 4.69) is 10.1 Å². The molecule has 3 rings (SSSR count). The van der Waals surface area contributed by atoms with Gasteiger partial charge in [0.05, 0.1) is 11.0 Å². The molecule has 1 aromatic carbocycles. The highest BCUT2D eigenvalue weighted by Crippen LogP contribution is 2.26. The van der Waals surface area contributed by atoms with Gasteiger partial charge in [-0.3, -0.25) is 4.57 Å². The molecular weight excluding hydrogens is 350 g/mol. The number of ether oxygens (including phenoxy) is 1. The van der Waals surface area contributed by atoms with E-state index < -0.39 is 5.60 Å². The number of aromatic amines is 1. The van der Waals surface area contributed by atoms with Crippen molar-refractivity contribution in [2.75, 3.05) is 13.1 Å². The fourth-order valence-corrected chi connectivity index (χ4v) is 3.34. The summed E-state index contributed by atoms with van der Waals surface area (Å²) in [6.07, 6.45) is 0.998. The number of hydrogen-bond donors (Lipinski definition) is 3. The first-order valence-corrected chi connectivity index (χ1v) is 8.89. The van der Waals surface area contributed by atoms with Crippen LogP contribution in [0.15, 0.2) is 28.1 Å². The molecule has 0 saturated carbocycles. The summed E-state index contributed by atoms with van der Waals surface area (Å²) in [5.41, 5.74) is 6.78. The number of carbonyl (C=O) groups is 1. The van der Waals surface area contributed by atoms with E-state index in [0.29, 0.717) is 37.0 Å². The van der Waals surface area contributed by atoms with Gasteiger partial charge in [-0.25, -0.2) is 9.59 Å². The predicted octanol–water partition coefficient (Wildman–Crippen LogP) is 2.00. The molecule has 0 aliphatic carbocycles. The van der Waals surface area contributed by atoms with Crippen LogP contribution < -0.4 is 11.4 Å². The van der Waals surface area contributed by atoms with Gasteiger partial charge in [-0.05, 0) is 51.8 Å². The molecule has 146 valence electrons. The zero-order valence-electron chi connectivity index (χ0n) is 15.7. The highest BCUT2D eigenvalue weighted by molar-refractivity contribution is 5.99. The molecule has 9 nitrogen and oxygen atoms in total. The highest BCUT2D eigenvalue weighted by Gasteiger charge is 2.29. The molecule has 4 N–H and O–H groups in total. The van der Waals surface area contributed by atoms with E-state index in [1.165, 1.54) is 0 Å². The van der Waals surface area contributed by atoms with E-state index in [-0.39, 0.29) is 23.7 Å². The average Bonchev–Trinajstić information content (AvgIpc) is 2.94. The number of amidine groups is 1. The van der Waals surface area contributed by atoms with Gasteiger partial charge in [0.1, 0.15) is 5.60 Å². The molecule has 1 aliphatic rings. The minimum absolute atomic E-state index is 0.0142. The fourth-order valence-electron chi connectivity index (χ4n) is 3.34. The maximum Gasteiger partial charge on any atom is 0.410 e. The highest BCUT2D eigenvalue weighted by atomic mass is 16.6. The Bertz CT molecular complexity index is 929. The van der Waals surface area contributed by atoms with E-state index in [0.717, 1.165) is 5.52 Å². The fraction of sp³-hybridized carbons (Fsp3) is 0.500. The van der Waals surface area contributed by atoms with Crippen molar-refractivity contribution in [1.29, 1.82) is 0 Å². The molecule has 1 fully saturated rings. The summed E-state index contributed by atoms with van der Waals surface area (Å²) in [6, 6.07) is 5.15. The lowest BCUT2D eigenvalue weighted by atomic mass is 10.0. The number of piperidine rings is 1. The molecule has 9 heteroatoms. The van der Waals surface area contributed by atoms with Crippen LogP contribution in [-0.4, -0.2) is 50.3 Å². The van der Waals surface area contributed by atoms with Gasteiger partial charge in [0.15, 0.2) is 5.84 Å². The number of rotatable bonds is 2.